The molecule has 1 saturated heterocycles. The Morgan fingerprint density at radius 3 is 2.57 bits per heavy atom. The SMILES string of the molecule is CC(C)(C)OC(=O)Nc1nsc2ccc(CC(C(=O)Nc3ccc(N4CCOCC4=O)cc3)c3ccccc3F)cc12. The van der Waals surface area contributed by atoms with Crippen molar-refractivity contribution in [2.45, 2.75) is 38.7 Å². The van der Waals surface area contributed by atoms with Crippen molar-refractivity contribution in [3.63, 3.8) is 0 Å². The van der Waals surface area contributed by atoms with Crippen molar-refractivity contribution in [1.29, 1.82) is 0 Å². The van der Waals surface area contributed by atoms with Crippen LogP contribution in [0.25, 0.3) is 10.1 Å². The maximum absolute atomic E-state index is 15.0. The van der Waals surface area contributed by atoms with Gasteiger partial charge in [0.25, 0.3) is 5.91 Å². The van der Waals surface area contributed by atoms with Crippen molar-refractivity contribution >= 4 is 56.7 Å². The van der Waals surface area contributed by atoms with Crippen LogP contribution in [0.5, 0.6) is 0 Å². The van der Waals surface area contributed by atoms with Gasteiger partial charge >= 0.3 is 6.09 Å². The van der Waals surface area contributed by atoms with Gasteiger partial charge < -0.3 is 19.7 Å². The number of fused-ring (bicyclic) bond motifs is 1. The van der Waals surface area contributed by atoms with Gasteiger partial charge in [-0.2, -0.15) is 4.37 Å². The van der Waals surface area contributed by atoms with Crippen LogP contribution < -0.4 is 15.5 Å². The van der Waals surface area contributed by atoms with Gasteiger partial charge in [-0.15, -0.1) is 0 Å². The van der Waals surface area contributed by atoms with E-state index < -0.39 is 23.4 Å². The second-order valence-electron chi connectivity index (χ2n) is 10.9. The molecule has 1 atom stereocenters. The summed E-state index contributed by atoms with van der Waals surface area (Å²) in [5, 5.41) is 6.30. The molecule has 11 heteroatoms. The minimum Gasteiger partial charge on any atom is -0.444 e. The number of anilines is 3. The van der Waals surface area contributed by atoms with Crippen molar-refractivity contribution < 1.29 is 28.2 Å². The van der Waals surface area contributed by atoms with Crippen molar-refractivity contribution in [3.8, 4) is 0 Å². The predicted molar refractivity (Wildman–Crippen MR) is 161 cm³/mol. The second kappa shape index (κ2) is 12.3. The summed E-state index contributed by atoms with van der Waals surface area (Å²) in [6, 6.07) is 18.7. The molecule has 9 nitrogen and oxygen atoms in total. The molecule has 3 aromatic carbocycles. The number of hydrogen-bond donors (Lipinski definition) is 2. The number of nitrogens with zero attached hydrogens (tertiary/aromatic N) is 2. The lowest BCUT2D eigenvalue weighted by molar-refractivity contribution is -0.125. The summed E-state index contributed by atoms with van der Waals surface area (Å²) in [4.78, 5) is 39.8. The molecule has 2 N–H and O–H groups in total. The van der Waals surface area contributed by atoms with Crippen molar-refractivity contribution in [3.05, 3.63) is 83.7 Å². The quantitative estimate of drug-likeness (QED) is 0.269. The fraction of sp³-hybridized carbons (Fsp3) is 0.290. The third-order valence-corrected chi connectivity index (χ3v) is 7.45. The molecule has 1 aliphatic heterocycles. The number of rotatable bonds is 7. The minimum atomic E-state index is -0.849. The third-order valence-electron chi connectivity index (χ3n) is 6.62. The standard InChI is InChI=1S/C31H31FN4O5S/c1-31(2,3)41-30(39)34-28-24-17-19(8-13-26(24)42-35-28)16-23(22-6-4-5-7-25(22)32)29(38)33-20-9-11-21(12-10-20)36-14-15-40-18-27(36)37/h4-13,17,23H,14-16,18H2,1-3H3,(H,33,38)(H,34,35,39). The van der Waals surface area contributed by atoms with Crippen LogP contribution in [-0.2, 0) is 25.5 Å². The topological polar surface area (TPSA) is 110 Å². The first-order valence-corrected chi connectivity index (χ1v) is 14.3. The van der Waals surface area contributed by atoms with Gasteiger partial charge in [0.05, 0.1) is 17.2 Å². The number of aromatic nitrogens is 1. The van der Waals surface area contributed by atoms with Crippen molar-refractivity contribution in [2.24, 2.45) is 0 Å². The van der Waals surface area contributed by atoms with Crippen LogP contribution in [0.1, 0.15) is 37.8 Å². The van der Waals surface area contributed by atoms with Crippen LogP contribution in [0.4, 0.5) is 26.4 Å². The van der Waals surface area contributed by atoms with E-state index in [1.54, 1.807) is 68.1 Å². The molecule has 3 amide bonds. The summed E-state index contributed by atoms with van der Waals surface area (Å²) in [6.07, 6.45) is -0.419. The summed E-state index contributed by atoms with van der Waals surface area (Å²) < 4.78 is 30.7. The average molecular weight is 591 g/mol. The molecule has 218 valence electrons. The number of hydrogen-bond acceptors (Lipinski definition) is 7. The molecule has 2 heterocycles. The first-order chi connectivity index (χ1) is 20.1. The largest absolute Gasteiger partial charge is 0.444 e. The second-order valence-corrected chi connectivity index (χ2v) is 11.7. The Morgan fingerprint density at radius 1 is 1.10 bits per heavy atom. The Balaban J connectivity index is 1.37. The summed E-state index contributed by atoms with van der Waals surface area (Å²) >= 11 is 1.23. The smallest absolute Gasteiger partial charge is 0.413 e. The van der Waals surface area contributed by atoms with Gasteiger partial charge in [-0.25, -0.2) is 9.18 Å². The normalized spacial score (nSPS) is 14.5. The highest BCUT2D eigenvalue weighted by Crippen LogP contribution is 2.32. The van der Waals surface area contributed by atoms with Crippen LogP contribution in [0.2, 0.25) is 0 Å². The highest BCUT2D eigenvalue weighted by atomic mass is 32.1. The molecule has 5 rings (SSSR count). The Labute approximate surface area is 246 Å². The molecule has 0 bridgehead atoms. The molecule has 4 aromatic rings. The van der Waals surface area contributed by atoms with Gasteiger partial charge in [-0.05, 0) is 86.8 Å². The van der Waals surface area contributed by atoms with E-state index in [0.29, 0.717) is 35.7 Å². The van der Waals surface area contributed by atoms with Crippen LogP contribution >= 0.6 is 11.5 Å². The molecule has 0 aliphatic carbocycles. The maximum atomic E-state index is 15.0. The van der Waals surface area contributed by atoms with Gasteiger partial charge in [0.1, 0.15) is 18.0 Å². The molecule has 0 saturated carbocycles. The summed E-state index contributed by atoms with van der Waals surface area (Å²) in [7, 11) is 0. The minimum absolute atomic E-state index is 0.0363. The molecular weight excluding hydrogens is 559 g/mol. The molecule has 1 unspecified atom stereocenters. The summed E-state index contributed by atoms with van der Waals surface area (Å²) in [5.74, 6) is -1.48. The van der Waals surface area contributed by atoms with Gasteiger partial charge in [-0.3, -0.25) is 14.9 Å². The first-order valence-electron chi connectivity index (χ1n) is 13.5. The van der Waals surface area contributed by atoms with Gasteiger partial charge in [0.2, 0.25) is 5.91 Å². The summed E-state index contributed by atoms with van der Waals surface area (Å²) in [5.41, 5.74) is 1.59. The van der Waals surface area contributed by atoms with Crippen molar-refractivity contribution in [2.75, 3.05) is 35.3 Å². The monoisotopic (exact) mass is 590 g/mol. The van der Waals surface area contributed by atoms with E-state index in [4.69, 9.17) is 9.47 Å². The van der Waals surface area contributed by atoms with Crippen LogP contribution in [-0.4, -0.2) is 47.6 Å². The summed E-state index contributed by atoms with van der Waals surface area (Å²) in [6.45, 7) is 6.28. The fourth-order valence-corrected chi connectivity index (χ4v) is 5.40. The Kier molecular flexibility index (Phi) is 8.51. The molecule has 1 fully saturated rings. The third kappa shape index (κ3) is 6.92. The number of benzene rings is 3. The van der Waals surface area contributed by atoms with E-state index in [0.717, 1.165) is 10.3 Å². The molecule has 0 radical (unpaired) electrons. The van der Waals surface area contributed by atoms with Crippen molar-refractivity contribution in [1.82, 2.24) is 4.37 Å². The Bertz CT molecular complexity index is 1620. The van der Waals surface area contributed by atoms with E-state index >= 15 is 0 Å². The Morgan fingerprint density at radius 2 is 1.86 bits per heavy atom. The fourth-order valence-electron chi connectivity index (χ4n) is 4.69. The number of carbonyl (C=O) groups excluding carboxylic acids is 3. The number of ether oxygens (including phenoxy) is 2. The zero-order valence-electron chi connectivity index (χ0n) is 23.5. The lowest BCUT2D eigenvalue weighted by Gasteiger charge is -2.27. The first kappa shape index (κ1) is 29.2. The number of amides is 3. The highest BCUT2D eigenvalue weighted by molar-refractivity contribution is 7.13. The molecule has 42 heavy (non-hydrogen) atoms. The van der Waals surface area contributed by atoms with Crippen LogP contribution in [0.3, 0.4) is 0 Å². The molecular formula is C31H31FN4O5S. The zero-order chi connectivity index (χ0) is 29.9. The van der Waals surface area contributed by atoms with Crippen LogP contribution in [0.15, 0.2) is 66.7 Å². The predicted octanol–water partition coefficient (Wildman–Crippen LogP) is 6.11. The average Bonchev–Trinajstić information content (AvgIpc) is 3.33. The lowest BCUT2D eigenvalue weighted by atomic mass is 9.90. The van der Waals surface area contributed by atoms with Gasteiger partial charge in [0.15, 0.2) is 5.82 Å². The van der Waals surface area contributed by atoms with E-state index in [1.807, 2.05) is 18.2 Å². The lowest BCUT2D eigenvalue weighted by Crippen LogP contribution is -2.41. The van der Waals surface area contributed by atoms with E-state index in [2.05, 4.69) is 15.0 Å². The molecule has 1 aliphatic rings. The zero-order valence-corrected chi connectivity index (χ0v) is 24.3. The van der Waals surface area contributed by atoms with Gasteiger partial charge in [0, 0.05) is 28.9 Å². The Hall–Kier alpha value is -4.35. The molecule has 1 aromatic heterocycles. The van der Waals surface area contributed by atoms with Gasteiger partial charge in [-0.1, -0.05) is 24.3 Å². The number of halogens is 1. The van der Waals surface area contributed by atoms with E-state index in [9.17, 15) is 18.8 Å². The number of carbonyl (C=O) groups is 3. The maximum Gasteiger partial charge on any atom is 0.413 e. The number of morpholine rings is 1. The van der Waals surface area contributed by atoms with E-state index in [-0.39, 0.29) is 30.4 Å². The molecule has 0 spiro atoms. The van der Waals surface area contributed by atoms with E-state index in [1.165, 1.54) is 17.6 Å². The number of nitrogens with one attached hydrogen (secondary N) is 2. The highest BCUT2D eigenvalue weighted by Gasteiger charge is 2.26. The van der Waals surface area contributed by atoms with Crippen LogP contribution in [0, 0.1) is 5.82 Å².